The van der Waals surface area contributed by atoms with Gasteiger partial charge in [0.25, 0.3) is 0 Å². The quantitative estimate of drug-likeness (QED) is 0.887. The number of hydrogen-bond donors (Lipinski definition) is 1. The molecule has 0 aliphatic carbocycles. The number of thiophene rings is 1. The fourth-order valence-electron chi connectivity index (χ4n) is 2.65. The highest BCUT2D eigenvalue weighted by molar-refractivity contribution is 7.07. The van der Waals surface area contributed by atoms with Crippen LogP contribution in [0.1, 0.15) is 24.9 Å². The molecule has 0 aromatic carbocycles. The monoisotopic (exact) mass is 338 g/mol. The highest BCUT2D eigenvalue weighted by Crippen LogP contribution is 2.23. The summed E-state index contributed by atoms with van der Waals surface area (Å²) in [6, 6.07) is 2.49. The molecule has 7 heteroatoms. The van der Waals surface area contributed by atoms with E-state index in [-0.39, 0.29) is 11.9 Å². The first-order valence-electron chi connectivity index (χ1n) is 7.98. The molecule has 2 heterocycles. The van der Waals surface area contributed by atoms with E-state index in [2.05, 4.69) is 34.0 Å². The van der Waals surface area contributed by atoms with Crippen LogP contribution in [0.4, 0.5) is 4.79 Å². The summed E-state index contributed by atoms with van der Waals surface area (Å²) in [5.74, 6) is 0.0275. The normalized spacial score (nSPS) is 16.9. The van der Waals surface area contributed by atoms with Crippen LogP contribution in [0.25, 0.3) is 0 Å². The van der Waals surface area contributed by atoms with E-state index >= 15 is 0 Å². The molecule has 1 aliphatic rings. The van der Waals surface area contributed by atoms with Gasteiger partial charge < -0.3 is 15.1 Å². The Balaban J connectivity index is 1.71. The third kappa shape index (κ3) is 4.94. The number of rotatable bonds is 5. The predicted molar refractivity (Wildman–Crippen MR) is 92.6 cm³/mol. The van der Waals surface area contributed by atoms with E-state index in [9.17, 15) is 9.59 Å². The van der Waals surface area contributed by atoms with Crippen molar-refractivity contribution in [2.45, 2.75) is 19.4 Å². The number of nitrogens with zero attached hydrogens (tertiary/aromatic N) is 3. The van der Waals surface area contributed by atoms with E-state index in [4.69, 9.17) is 0 Å². The van der Waals surface area contributed by atoms with E-state index < -0.39 is 0 Å². The molecule has 0 spiro atoms. The maximum Gasteiger partial charge on any atom is 0.317 e. The molecule has 1 unspecified atom stereocenters. The summed E-state index contributed by atoms with van der Waals surface area (Å²) in [6.45, 7) is 5.80. The molecule has 1 aromatic heterocycles. The van der Waals surface area contributed by atoms with Gasteiger partial charge in [0.1, 0.15) is 0 Å². The summed E-state index contributed by atoms with van der Waals surface area (Å²) in [6.07, 6.45) is 0.341. The number of piperazine rings is 1. The third-order valence-corrected chi connectivity index (χ3v) is 4.99. The fraction of sp³-hybridized carbons (Fsp3) is 0.625. The lowest BCUT2D eigenvalue weighted by atomic mass is 10.1. The highest BCUT2D eigenvalue weighted by Gasteiger charge is 2.24. The van der Waals surface area contributed by atoms with Gasteiger partial charge in [-0.2, -0.15) is 11.3 Å². The van der Waals surface area contributed by atoms with Gasteiger partial charge in [0, 0.05) is 59.3 Å². The van der Waals surface area contributed by atoms with E-state index in [1.165, 1.54) is 10.5 Å². The van der Waals surface area contributed by atoms with Gasteiger partial charge >= 0.3 is 6.03 Å². The van der Waals surface area contributed by atoms with Gasteiger partial charge in [0.05, 0.1) is 0 Å². The maximum atomic E-state index is 12.1. The zero-order valence-corrected chi connectivity index (χ0v) is 14.9. The molecule has 1 aromatic rings. The molecule has 0 bridgehead atoms. The second-order valence-corrected chi connectivity index (χ2v) is 6.81. The molecule has 2 rings (SSSR count). The minimum Gasteiger partial charge on any atom is -0.349 e. The van der Waals surface area contributed by atoms with Gasteiger partial charge in [-0.3, -0.25) is 9.69 Å². The molecule has 3 amide bonds. The average molecular weight is 338 g/mol. The van der Waals surface area contributed by atoms with Crippen LogP contribution in [0.3, 0.4) is 0 Å². The summed E-state index contributed by atoms with van der Waals surface area (Å²) in [5.41, 5.74) is 1.34. The predicted octanol–water partition coefficient (Wildman–Crippen LogP) is 1.61. The van der Waals surface area contributed by atoms with Crippen LogP contribution in [0.2, 0.25) is 0 Å². The second kappa shape index (κ2) is 8.31. The lowest BCUT2D eigenvalue weighted by molar-refractivity contribution is -0.128. The molecule has 1 aliphatic heterocycles. The lowest BCUT2D eigenvalue weighted by Gasteiger charge is -2.37. The number of amides is 3. The fourth-order valence-corrected chi connectivity index (χ4v) is 3.39. The second-order valence-electron chi connectivity index (χ2n) is 6.03. The van der Waals surface area contributed by atoms with E-state index in [1.54, 1.807) is 25.4 Å². The SMILES string of the molecule is CC(c1ccsc1)N1CCN(C(=O)NCCC(=O)N(C)C)CC1. The van der Waals surface area contributed by atoms with Crippen molar-refractivity contribution in [2.24, 2.45) is 0 Å². The Kier molecular flexibility index (Phi) is 6.41. The standard InChI is InChI=1S/C16H26N4O2S/c1-13(14-5-11-23-12-14)19-7-9-20(10-8-19)16(22)17-6-4-15(21)18(2)3/h5,11-13H,4,6-10H2,1-3H3,(H,17,22). The zero-order valence-electron chi connectivity index (χ0n) is 14.1. The number of urea groups is 1. The van der Waals surface area contributed by atoms with Gasteiger partial charge in [-0.1, -0.05) is 0 Å². The van der Waals surface area contributed by atoms with Crippen LogP contribution in [-0.2, 0) is 4.79 Å². The van der Waals surface area contributed by atoms with Crippen molar-refractivity contribution in [2.75, 3.05) is 46.8 Å². The Morgan fingerprint density at radius 1 is 1.30 bits per heavy atom. The molecule has 6 nitrogen and oxygen atoms in total. The average Bonchev–Trinajstić information content (AvgIpc) is 3.08. The smallest absolute Gasteiger partial charge is 0.317 e. The Morgan fingerprint density at radius 3 is 2.57 bits per heavy atom. The van der Waals surface area contributed by atoms with Gasteiger partial charge in [0.15, 0.2) is 0 Å². The Bertz CT molecular complexity index is 510. The first kappa shape index (κ1) is 17.7. The van der Waals surface area contributed by atoms with Crippen molar-refractivity contribution >= 4 is 23.3 Å². The maximum absolute atomic E-state index is 12.1. The lowest BCUT2D eigenvalue weighted by Crippen LogP contribution is -2.52. The Hall–Kier alpha value is -1.60. The largest absolute Gasteiger partial charge is 0.349 e. The van der Waals surface area contributed by atoms with E-state index in [0.29, 0.717) is 19.0 Å². The van der Waals surface area contributed by atoms with Gasteiger partial charge in [-0.05, 0) is 29.3 Å². The van der Waals surface area contributed by atoms with Crippen molar-refractivity contribution < 1.29 is 9.59 Å². The first-order chi connectivity index (χ1) is 11.0. The summed E-state index contributed by atoms with van der Waals surface area (Å²) in [5, 5.41) is 7.12. The molecule has 1 fully saturated rings. The molecule has 1 N–H and O–H groups in total. The van der Waals surface area contributed by atoms with Crippen LogP contribution in [0, 0.1) is 0 Å². The number of carbonyl (C=O) groups excluding carboxylic acids is 2. The van der Waals surface area contributed by atoms with Crippen LogP contribution in [0.5, 0.6) is 0 Å². The molecular formula is C16H26N4O2S. The Morgan fingerprint density at radius 2 is 2.00 bits per heavy atom. The van der Waals surface area contributed by atoms with Crippen LogP contribution >= 0.6 is 11.3 Å². The first-order valence-corrected chi connectivity index (χ1v) is 8.92. The van der Waals surface area contributed by atoms with Crippen LogP contribution in [0.15, 0.2) is 16.8 Å². The molecule has 0 radical (unpaired) electrons. The van der Waals surface area contributed by atoms with Crippen LogP contribution in [-0.4, -0.2) is 73.5 Å². The van der Waals surface area contributed by atoms with Gasteiger partial charge in [-0.15, -0.1) is 0 Å². The highest BCUT2D eigenvalue weighted by atomic mass is 32.1. The number of nitrogens with one attached hydrogen (secondary N) is 1. The van der Waals surface area contributed by atoms with Crippen molar-refractivity contribution in [3.8, 4) is 0 Å². The Labute approximate surface area is 142 Å². The topological polar surface area (TPSA) is 55.9 Å². The molecule has 1 saturated heterocycles. The summed E-state index contributed by atoms with van der Waals surface area (Å²) >= 11 is 1.72. The number of hydrogen-bond acceptors (Lipinski definition) is 4. The summed E-state index contributed by atoms with van der Waals surface area (Å²) < 4.78 is 0. The van der Waals surface area contributed by atoms with Crippen molar-refractivity contribution in [3.63, 3.8) is 0 Å². The molecule has 1 atom stereocenters. The summed E-state index contributed by atoms with van der Waals surface area (Å²) in [4.78, 5) is 29.4. The summed E-state index contributed by atoms with van der Waals surface area (Å²) in [7, 11) is 3.44. The van der Waals surface area contributed by atoms with Crippen molar-refractivity contribution in [1.82, 2.24) is 20.0 Å². The minimum atomic E-state index is -0.0700. The third-order valence-electron chi connectivity index (χ3n) is 4.29. The molecular weight excluding hydrogens is 312 g/mol. The van der Waals surface area contributed by atoms with E-state index in [0.717, 1.165) is 26.2 Å². The van der Waals surface area contributed by atoms with Gasteiger partial charge in [0.2, 0.25) is 5.91 Å². The van der Waals surface area contributed by atoms with Gasteiger partial charge in [-0.25, -0.2) is 4.79 Å². The molecule has 23 heavy (non-hydrogen) atoms. The minimum absolute atomic E-state index is 0.0275. The number of carbonyl (C=O) groups is 2. The molecule has 128 valence electrons. The van der Waals surface area contributed by atoms with Crippen LogP contribution < -0.4 is 5.32 Å². The molecule has 0 saturated carbocycles. The van der Waals surface area contributed by atoms with Crippen molar-refractivity contribution in [3.05, 3.63) is 22.4 Å². The van der Waals surface area contributed by atoms with Crippen molar-refractivity contribution in [1.29, 1.82) is 0 Å². The zero-order chi connectivity index (χ0) is 16.8. The van der Waals surface area contributed by atoms with E-state index in [1.807, 2.05) is 4.90 Å².